The van der Waals surface area contributed by atoms with Gasteiger partial charge in [-0.15, -0.1) is 5.10 Å². The SMILES string of the molecule is Cc1ccc(Cn2cc(NC(=O)COc3ccc(-n4cnnn4)cc3)cn2)cc1. The van der Waals surface area contributed by atoms with E-state index >= 15 is 0 Å². The number of aryl methyl sites for hydroxylation is 1. The largest absolute Gasteiger partial charge is 0.484 e. The van der Waals surface area contributed by atoms with Crippen molar-refractivity contribution in [3.63, 3.8) is 0 Å². The fourth-order valence-electron chi connectivity index (χ4n) is 2.72. The predicted molar refractivity (Wildman–Crippen MR) is 106 cm³/mol. The van der Waals surface area contributed by atoms with E-state index in [2.05, 4.69) is 57.1 Å². The smallest absolute Gasteiger partial charge is 0.262 e. The second-order valence-electron chi connectivity index (χ2n) is 6.50. The van der Waals surface area contributed by atoms with Gasteiger partial charge < -0.3 is 10.1 Å². The summed E-state index contributed by atoms with van der Waals surface area (Å²) in [6.45, 7) is 2.59. The van der Waals surface area contributed by atoms with Crippen LogP contribution in [0.3, 0.4) is 0 Å². The maximum absolute atomic E-state index is 12.1. The van der Waals surface area contributed by atoms with Gasteiger partial charge in [-0.05, 0) is 47.2 Å². The van der Waals surface area contributed by atoms with Crippen molar-refractivity contribution in [3.8, 4) is 11.4 Å². The number of aromatic nitrogens is 6. The molecule has 2 heterocycles. The Morgan fingerprint density at radius 1 is 1.10 bits per heavy atom. The number of anilines is 1. The summed E-state index contributed by atoms with van der Waals surface area (Å²) in [5, 5.41) is 18.1. The average molecular weight is 389 g/mol. The first kappa shape index (κ1) is 18.4. The molecule has 0 fully saturated rings. The Morgan fingerprint density at radius 3 is 2.62 bits per heavy atom. The molecule has 9 heteroatoms. The van der Waals surface area contributed by atoms with Gasteiger partial charge in [0.05, 0.1) is 24.1 Å². The molecule has 2 aromatic heterocycles. The van der Waals surface area contributed by atoms with Gasteiger partial charge in [-0.1, -0.05) is 29.8 Å². The molecule has 1 N–H and O–H groups in total. The highest BCUT2D eigenvalue weighted by molar-refractivity contribution is 5.91. The van der Waals surface area contributed by atoms with E-state index in [1.54, 1.807) is 41.3 Å². The van der Waals surface area contributed by atoms with E-state index in [-0.39, 0.29) is 12.5 Å². The number of benzene rings is 2. The van der Waals surface area contributed by atoms with Gasteiger partial charge in [-0.2, -0.15) is 5.10 Å². The lowest BCUT2D eigenvalue weighted by Gasteiger charge is -2.07. The topological polar surface area (TPSA) is 99.8 Å². The van der Waals surface area contributed by atoms with Gasteiger partial charge in [-0.25, -0.2) is 4.68 Å². The highest BCUT2D eigenvalue weighted by Crippen LogP contribution is 2.14. The molecule has 29 heavy (non-hydrogen) atoms. The van der Waals surface area contributed by atoms with Crippen molar-refractivity contribution in [2.24, 2.45) is 0 Å². The molecule has 2 aromatic carbocycles. The molecule has 0 bridgehead atoms. The van der Waals surface area contributed by atoms with Gasteiger partial charge in [0.25, 0.3) is 5.91 Å². The molecular formula is C20H19N7O2. The van der Waals surface area contributed by atoms with Gasteiger partial charge in [0.15, 0.2) is 6.61 Å². The first-order valence-corrected chi connectivity index (χ1v) is 9.00. The zero-order chi connectivity index (χ0) is 20.1. The minimum atomic E-state index is -0.260. The molecule has 0 aliphatic carbocycles. The third kappa shape index (κ3) is 4.83. The Kier molecular flexibility index (Phi) is 5.28. The van der Waals surface area contributed by atoms with Crippen LogP contribution in [0.5, 0.6) is 5.75 Å². The summed E-state index contributed by atoms with van der Waals surface area (Å²) in [6, 6.07) is 15.4. The number of carbonyl (C=O) groups is 1. The van der Waals surface area contributed by atoms with Crippen LogP contribution in [0.25, 0.3) is 5.69 Å². The molecule has 4 aromatic rings. The van der Waals surface area contributed by atoms with Crippen LogP contribution in [-0.4, -0.2) is 42.5 Å². The van der Waals surface area contributed by atoms with Crippen molar-refractivity contribution in [2.75, 3.05) is 11.9 Å². The van der Waals surface area contributed by atoms with E-state index < -0.39 is 0 Å². The first-order valence-electron chi connectivity index (χ1n) is 9.00. The maximum atomic E-state index is 12.1. The number of tetrazole rings is 1. The summed E-state index contributed by atoms with van der Waals surface area (Å²) in [5.74, 6) is 0.316. The zero-order valence-corrected chi connectivity index (χ0v) is 15.8. The number of carbonyl (C=O) groups excluding carboxylic acids is 1. The molecular weight excluding hydrogens is 370 g/mol. The Labute approximate surface area is 166 Å². The van der Waals surface area contributed by atoms with Gasteiger partial charge in [0, 0.05) is 6.20 Å². The molecule has 9 nitrogen and oxygen atoms in total. The molecule has 0 radical (unpaired) electrons. The van der Waals surface area contributed by atoms with E-state index in [0.717, 1.165) is 11.3 Å². The van der Waals surface area contributed by atoms with Crippen LogP contribution in [0, 0.1) is 6.92 Å². The Bertz CT molecular complexity index is 1070. The van der Waals surface area contributed by atoms with E-state index in [0.29, 0.717) is 18.0 Å². The lowest BCUT2D eigenvalue weighted by Crippen LogP contribution is -2.19. The normalized spacial score (nSPS) is 10.7. The summed E-state index contributed by atoms with van der Waals surface area (Å²) in [6.07, 6.45) is 4.91. The minimum absolute atomic E-state index is 0.104. The fraction of sp³-hybridized carbons (Fsp3) is 0.150. The fourth-order valence-corrected chi connectivity index (χ4v) is 2.72. The van der Waals surface area contributed by atoms with Crippen LogP contribution >= 0.6 is 0 Å². The predicted octanol–water partition coefficient (Wildman–Crippen LogP) is 2.23. The molecule has 0 unspecified atom stereocenters. The quantitative estimate of drug-likeness (QED) is 0.520. The summed E-state index contributed by atoms with van der Waals surface area (Å²) >= 11 is 0. The standard InChI is InChI=1S/C20H19N7O2/c1-15-2-4-16(5-3-15)11-26-12-17(10-22-26)23-20(28)13-29-19-8-6-18(7-9-19)27-14-21-24-25-27/h2-10,12,14H,11,13H2,1H3,(H,23,28). The Morgan fingerprint density at radius 2 is 1.90 bits per heavy atom. The lowest BCUT2D eigenvalue weighted by atomic mass is 10.1. The maximum Gasteiger partial charge on any atom is 0.262 e. The average Bonchev–Trinajstić information content (AvgIpc) is 3.41. The summed E-state index contributed by atoms with van der Waals surface area (Å²) < 4.78 is 8.83. The lowest BCUT2D eigenvalue weighted by molar-refractivity contribution is -0.118. The molecule has 1 amide bonds. The number of rotatable bonds is 7. The van der Waals surface area contributed by atoms with Gasteiger partial charge >= 0.3 is 0 Å². The number of hydrogen-bond donors (Lipinski definition) is 1. The Balaban J connectivity index is 1.27. The van der Waals surface area contributed by atoms with Crippen molar-refractivity contribution in [2.45, 2.75) is 13.5 Å². The third-order valence-electron chi connectivity index (χ3n) is 4.20. The third-order valence-corrected chi connectivity index (χ3v) is 4.20. The van der Waals surface area contributed by atoms with Crippen LogP contribution in [0.15, 0.2) is 67.3 Å². The van der Waals surface area contributed by atoms with Crippen LogP contribution in [0.2, 0.25) is 0 Å². The molecule has 4 rings (SSSR count). The monoisotopic (exact) mass is 389 g/mol. The minimum Gasteiger partial charge on any atom is -0.484 e. The first-order chi connectivity index (χ1) is 14.2. The highest BCUT2D eigenvalue weighted by Gasteiger charge is 2.07. The molecule has 0 saturated heterocycles. The molecule has 0 aliphatic heterocycles. The number of amides is 1. The number of ether oxygens (including phenoxy) is 1. The second-order valence-corrected chi connectivity index (χ2v) is 6.50. The van der Waals surface area contributed by atoms with E-state index in [4.69, 9.17) is 4.74 Å². The van der Waals surface area contributed by atoms with E-state index in [1.165, 1.54) is 16.6 Å². The van der Waals surface area contributed by atoms with Crippen molar-refractivity contribution < 1.29 is 9.53 Å². The molecule has 0 saturated carbocycles. The van der Waals surface area contributed by atoms with Crippen LogP contribution < -0.4 is 10.1 Å². The van der Waals surface area contributed by atoms with Crippen molar-refractivity contribution >= 4 is 11.6 Å². The Hall–Kier alpha value is -4.01. The number of hydrogen-bond acceptors (Lipinski definition) is 6. The summed E-state index contributed by atoms with van der Waals surface area (Å²) in [4.78, 5) is 12.1. The molecule has 146 valence electrons. The number of nitrogens with one attached hydrogen (secondary N) is 1. The van der Waals surface area contributed by atoms with Crippen molar-refractivity contribution in [1.29, 1.82) is 0 Å². The summed E-state index contributed by atoms with van der Waals surface area (Å²) in [5.41, 5.74) is 3.78. The van der Waals surface area contributed by atoms with Crippen molar-refractivity contribution in [3.05, 3.63) is 78.4 Å². The molecule has 0 atom stereocenters. The summed E-state index contributed by atoms with van der Waals surface area (Å²) in [7, 11) is 0. The van der Waals surface area contributed by atoms with Crippen LogP contribution in [-0.2, 0) is 11.3 Å². The van der Waals surface area contributed by atoms with Crippen LogP contribution in [0.1, 0.15) is 11.1 Å². The second kappa shape index (κ2) is 8.34. The number of nitrogens with zero attached hydrogens (tertiary/aromatic N) is 6. The van der Waals surface area contributed by atoms with E-state index in [9.17, 15) is 4.79 Å². The van der Waals surface area contributed by atoms with E-state index in [1.807, 2.05) is 0 Å². The van der Waals surface area contributed by atoms with Gasteiger partial charge in [0.1, 0.15) is 12.1 Å². The van der Waals surface area contributed by atoms with Gasteiger partial charge in [0.2, 0.25) is 0 Å². The zero-order valence-electron chi connectivity index (χ0n) is 15.8. The van der Waals surface area contributed by atoms with Gasteiger partial charge in [-0.3, -0.25) is 9.48 Å². The molecule has 0 spiro atoms. The van der Waals surface area contributed by atoms with Crippen molar-refractivity contribution in [1.82, 2.24) is 30.0 Å². The molecule has 0 aliphatic rings. The van der Waals surface area contributed by atoms with Crippen LogP contribution in [0.4, 0.5) is 5.69 Å². The highest BCUT2D eigenvalue weighted by atomic mass is 16.5.